The van der Waals surface area contributed by atoms with Crippen molar-refractivity contribution in [2.75, 3.05) is 26.1 Å². The van der Waals surface area contributed by atoms with E-state index in [2.05, 4.69) is 10.5 Å². The van der Waals surface area contributed by atoms with Gasteiger partial charge in [-0.25, -0.2) is 4.79 Å². The van der Waals surface area contributed by atoms with Gasteiger partial charge in [-0.3, -0.25) is 0 Å². The summed E-state index contributed by atoms with van der Waals surface area (Å²) in [6.45, 7) is 2.54. The molecule has 3 rings (SSSR count). The van der Waals surface area contributed by atoms with Crippen LogP contribution in [0.15, 0.2) is 28.8 Å². The Hall–Kier alpha value is -2.70. The quantitative estimate of drug-likeness (QED) is 0.929. The molecule has 24 heavy (non-hydrogen) atoms. The molecule has 0 spiro atoms. The van der Waals surface area contributed by atoms with Gasteiger partial charge in [-0.05, 0) is 31.9 Å². The van der Waals surface area contributed by atoms with E-state index in [-0.39, 0.29) is 12.1 Å². The largest absolute Gasteiger partial charge is 0.497 e. The molecule has 1 atom stereocenters. The van der Waals surface area contributed by atoms with Crippen molar-refractivity contribution < 1.29 is 18.8 Å². The zero-order valence-corrected chi connectivity index (χ0v) is 14.0. The predicted octanol–water partition coefficient (Wildman–Crippen LogP) is 3.37. The highest BCUT2D eigenvalue weighted by molar-refractivity contribution is 5.91. The Morgan fingerprint density at radius 2 is 2.17 bits per heavy atom. The van der Waals surface area contributed by atoms with Crippen LogP contribution in [0.4, 0.5) is 10.5 Å². The molecule has 1 N–H and O–H groups in total. The van der Waals surface area contributed by atoms with Crippen LogP contribution in [0.2, 0.25) is 0 Å². The Labute approximate surface area is 140 Å². The summed E-state index contributed by atoms with van der Waals surface area (Å²) >= 11 is 0. The van der Waals surface area contributed by atoms with Gasteiger partial charge >= 0.3 is 6.03 Å². The van der Waals surface area contributed by atoms with E-state index in [4.69, 9.17) is 14.0 Å². The minimum Gasteiger partial charge on any atom is -0.497 e. The number of ether oxygens (including phenoxy) is 2. The Bertz CT molecular complexity index is 728. The van der Waals surface area contributed by atoms with Crippen molar-refractivity contribution in [3.63, 3.8) is 0 Å². The summed E-state index contributed by atoms with van der Waals surface area (Å²) in [5.74, 6) is 1.94. The van der Waals surface area contributed by atoms with E-state index in [9.17, 15) is 4.79 Å². The fraction of sp³-hybridized carbons (Fsp3) is 0.412. The molecule has 0 unspecified atom stereocenters. The fourth-order valence-electron chi connectivity index (χ4n) is 2.93. The summed E-state index contributed by atoms with van der Waals surface area (Å²) in [6, 6.07) is 6.88. The van der Waals surface area contributed by atoms with Crippen LogP contribution >= 0.6 is 0 Å². The van der Waals surface area contributed by atoms with Gasteiger partial charge < -0.3 is 24.2 Å². The van der Waals surface area contributed by atoms with Crippen LogP contribution in [-0.4, -0.2) is 36.9 Å². The first kappa shape index (κ1) is 16.2. The number of urea groups is 1. The first-order chi connectivity index (χ1) is 11.6. The number of aromatic nitrogens is 1. The maximum absolute atomic E-state index is 12.7. The standard InChI is InChI=1S/C17H21N3O4/c1-11-9-16(24-19-11)14-5-4-8-20(14)17(21)18-13-7-6-12(22-2)10-15(13)23-3/h6-7,9-10,14H,4-5,8H2,1-3H3,(H,18,21)/t14-/m0/s1. The fourth-order valence-corrected chi connectivity index (χ4v) is 2.93. The number of benzene rings is 1. The van der Waals surface area contributed by atoms with Gasteiger partial charge in [0.15, 0.2) is 5.76 Å². The smallest absolute Gasteiger partial charge is 0.322 e. The number of nitrogens with zero attached hydrogens (tertiary/aromatic N) is 2. The third kappa shape index (κ3) is 3.15. The van der Waals surface area contributed by atoms with Crippen LogP contribution in [-0.2, 0) is 0 Å². The summed E-state index contributed by atoms with van der Waals surface area (Å²) in [5, 5.41) is 6.82. The lowest BCUT2D eigenvalue weighted by atomic mass is 10.1. The summed E-state index contributed by atoms with van der Waals surface area (Å²) in [4.78, 5) is 14.5. The maximum Gasteiger partial charge on any atom is 0.322 e. The van der Waals surface area contributed by atoms with Gasteiger partial charge in [0.1, 0.15) is 11.5 Å². The van der Waals surface area contributed by atoms with Crippen LogP contribution in [0.25, 0.3) is 0 Å². The molecule has 1 aromatic heterocycles. The number of methoxy groups -OCH3 is 2. The second-order valence-electron chi connectivity index (χ2n) is 5.72. The number of rotatable bonds is 4. The molecule has 2 amide bonds. The SMILES string of the molecule is COc1ccc(NC(=O)N2CCC[C@H]2c2cc(C)no2)c(OC)c1. The lowest BCUT2D eigenvalue weighted by molar-refractivity contribution is 0.195. The third-order valence-electron chi connectivity index (χ3n) is 4.14. The number of amides is 2. The monoisotopic (exact) mass is 331 g/mol. The highest BCUT2D eigenvalue weighted by Gasteiger charge is 2.33. The van der Waals surface area contributed by atoms with Crippen LogP contribution in [0.5, 0.6) is 11.5 Å². The number of anilines is 1. The van der Waals surface area contributed by atoms with Crippen molar-refractivity contribution in [2.45, 2.75) is 25.8 Å². The van der Waals surface area contributed by atoms with Crippen molar-refractivity contribution in [3.05, 3.63) is 35.7 Å². The molecule has 1 aliphatic rings. The van der Waals surface area contributed by atoms with Crippen molar-refractivity contribution >= 4 is 11.7 Å². The van der Waals surface area contributed by atoms with Gasteiger partial charge in [0, 0.05) is 18.7 Å². The van der Waals surface area contributed by atoms with Gasteiger partial charge in [-0.2, -0.15) is 0 Å². The summed E-state index contributed by atoms with van der Waals surface area (Å²) in [7, 11) is 3.14. The van der Waals surface area contributed by atoms with Crippen molar-refractivity contribution in [3.8, 4) is 11.5 Å². The number of carbonyl (C=O) groups is 1. The minimum absolute atomic E-state index is 0.0876. The van der Waals surface area contributed by atoms with E-state index >= 15 is 0 Å². The van der Waals surface area contributed by atoms with E-state index in [0.29, 0.717) is 23.7 Å². The molecule has 1 aromatic carbocycles. The maximum atomic E-state index is 12.7. The minimum atomic E-state index is -0.185. The lowest BCUT2D eigenvalue weighted by Crippen LogP contribution is -2.34. The highest BCUT2D eigenvalue weighted by atomic mass is 16.5. The van der Waals surface area contributed by atoms with E-state index in [0.717, 1.165) is 24.3 Å². The molecular formula is C17H21N3O4. The van der Waals surface area contributed by atoms with Gasteiger partial charge in [-0.1, -0.05) is 5.16 Å². The molecule has 1 fully saturated rings. The Kier molecular flexibility index (Phi) is 4.59. The predicted molar refractivity (Wildman–Crippen MR) is 88.5 cm³/mol. The molecule has 128 valence electrons. The summed E-state index contributed by atoms with van der Waals surface area (Å²) in [5.41, 5.74) is 1.41. The number of hydrogen-bond donors (Lipinski definition) is 1. The Morgan fingerprint density at radius 1 is 1.33 bits per heavy atom. The zero-order valence-electron chi connectivity index (χ0n) is 14.0. The van der Waals surface area contributed by atoms with E-state index in [1.54, 1.807) is 37.3 Å². The van der Waals surface area contributed by atoms with Crippen LogP contribution in [0, 0.1) is 6.92 Å². The van der Waals surface area contributed by atoms with Gasteiger partial charge in [0.2, 0.25) is 0 Å². The molecule has 0 saturated carbocycles. The molecule has 7 heteroatoms. The Balaban J connectivity index is 1.77. The van der Waals surface area contributed by atoms with Gasteiger partial charge in [0.05, 0.1) is 31.6 Å². The third-order valence-corrected chi connectivity index (χ3v) is 4.14. The van der Waals surface area contributed by atoms with Gasteiger partial charge in [-0.15, -0.1) is 0 Å². The molecule has 0 aliphatic carbocycles. The zero-order chi connectivity index (χ0) is 17.1. The molecule has 2 aromatic rings. The molecule has 0 radical (unpaired) electrons. The number of likely N-dealkylation sites (tertiary alicyclic amines) is 1. The molecule has 1 saturated heterocycles. The van der Waals surface area contributed by atoms with Crippen molar-refractivity contribution in [1.29, 1.82) is 0 Å². The topological polar surface area (TPSA) is 76.8 Å². The summed E-state index contributed by atoms with van der Waals surface area (Å²) < 4.78 is 15.8. The first-order valence-electron chi connectivity index (χ1n) is 7.85. The number of carbonyl (C=O) groups excluding carboxylic acids is 1. The number of aryl methyl sites for hydroxylation is 1. The second kappa shape index (κ2) is 6.82. The Morgan fingerprint density at radius 3 is 2.83 bits per heavy atom. The van der Waals surface area contributed by atoms with E-state index in [1.165, 1.54) is 0 Å². The summed E-state index contributed by atoms with van der Waals surface area (Å²) in [6.07, 6.45) is 1.79. The highest BCUT2D eigenvalue weighted by Crippen LogP contribution is 2.34. The normalized spacial score (nSPS) is 17.0. The van der Waals surface area contributed by atoms with E-state index < -0.39 is 0 Å². The lowest BCUT2D eigenvalue weighted by Gasteiger charge is -2.23. The van der Waals surface area contributed by atoms with Gasteiger partial charge in [0.25, 0.3) is 0 Å². The average molecular weight is 331 g/mol. The van der Waals surface area contributed by atoms with E-state index in [1.807, 2.05) is 13.0 Å². The molecule has 0 bridgehead atoms. The molecule has 2 heterocycles. The van der Waals surface area contributed by atoms with Crippen molar-refractivity contribution in [2.24, 2.45) is 0 Å². The van der Waals surface area contributed by atoms with Crippen LogP contribution < -0.4 is 14.8 Å². The number of hydrogen-bond acceptors (Lipinski definition) is 5. The van der Waals surface area contributed by atoms with Crippen LogP contribution in [0.1, 0.15) is 30.3 Å². The molecule has 1 aliphatic heterocycles. The molecular weight excluding hydrogens is 310 g/mol. The average Bonchev–Trinajstić information content (AvgIpc) is 3.23. The first-order valence-corrected chi connectivity index (χ1v) is 7.85. The second-order valence-corrected chi connectivity index (χ2v) is 5.72. The molecule has 7 nitrogen and oxygen atoms in total. The van der Waals surface area contributed by atoms with Crippen LogP contribution in [0.3, 0.4) is 0 Å². The van der Waals surface area contributed by atoms with Crippen molar-refractivity contribution in [1.82, 2.24) is 10.1 Å². The number of nitrogens with one attached hydrogen (secondary N) is 1.